The molecule has 0 aromatic rings. The van der Waals surface area contributed by atoms with E-state index < -0.39 is 5.97 Å². The summed E-state index contributed by atoms with van der Waals surface area (Å²) in [7, 11) is 0. The lowest BCUT2D eigenvalue weighted by atomic mass is 10.1. The summed E-state index contributed by atoms with van der Waals surface area (Å²) in [4.78, 5) is 13.0. The average molecular weight is 227 g/mol. The van der Waals surface area contributed by atoms with Crippen LogP contribution in [0.2, 0.25) is 0 Å². The maximum Gasteiger partial charge on any atom is 0.331 e. The zero-order chi connectivity index (χ0) is 12.2. The van der Waals surface area contributed by atoms with E-state index in [4.69, 9.17) is 9.84 Å². The Balaban J connectivity index is 2.51. The van der Waals surface area contributed by atoms with Gasteiger partial charge in [-0.05, 0) is 20.3 Å². The van der Waals surface area contributed by atoms with E-state index >= 15 is 0 Å². The molecule has 0 aromatic heterocycles. The molecule has 0 amide bonds. The van der Waals surface area contributed by atoms with Gasteiger partial charge in [-0.2, -0.15) is 0 Å². The van der Waals surface area contributed by atoms with E-state index in [2.05, 4.69) is 18.7 Å². The molecule has 0 unspecified atom stereocenters. The molecule has 1 heterocycles. The predicted molar refractivity (Wildman–Crippen MR) is 62.5 cm³/mol. The third-order valence-electron chi connectivity index (χ3n) is 2.76. The van der Waals surface area contributed by atoms with Gasteiger partial charge in [0.25, 0.3) is 0 Å². The summed E-state index contributed by atoms with van der Waals surface area (Å²) in [5.41, 5.74) is 0.367. The first-order valence-corrected chi connectivity index (χ1v) is 5.73. The summed E-state index contributed by atoms with van der Waals surface area (Å²) < 4.78 is 5.60. The molecular weight excluding hydrogens is 206 g/mol. The number of morpholine rings is 1. The van der Waals surface area contributed by atoms with E-state index in [1.165, 1.54) is 0 Å². The lowest BCUT2D eigenvalue weighted by molar-refractivity contribution is -0.132. The van der Waals surface area contributed by atoms with Gasteiger partial charge in [-0.15, -0.1) is 0 Å². The second-order valence-corrected chi connectivity index (χ2v) is 4.73. The van der Waals surface area contributed by atoms with Crippen LogP contribution in [0.4, 0.5) is 0 Å². The van der Waals surface area contributed by atoms with Crippen molar-refractivity contribution in [1.29, 1.82) is 0 Å². The van der Waals surface area contributed by atoms with Crippen molar-refractivity contribution >= 4 is 5.97 Å². The largest absolute Gasteiger partial charge is 0.478 e. The minimum Gasteiger partial charge on any atom is -0.478 e. The summed E-state index contributed by atoms with van der Waals surface area (Å²) in [5.74, 6) is -0.810. The molecule has 0 aliphatic carbocycles. The minimum absolute atomic E-state index is 0.123. The van der Waals surface area contributed by atoms with Gasteiger partial charge in [-0.3, -0.25) is 4.90 Å². The van der Waals surface area contributed by atoms with E-state index in [9.17, 15) is 4.79 Å². The number of hydrogen-bond donors (Lipinski definition) is 1. The van der Waals surface area contributed by atoms with Crippen LogP contribution in [-0.4, -0.2) is 47.8 Å². The highest BCUT2D eigenvalue weighted by Crippen LogP contribution is 2.16. The number of carboxylic acids is 1. The summed E-state index contributed by atoms with van der Waals surface area (Å²) in [5, 5.41) is 8.89. The third kappa shape index (κ3) is 3.94. The van der Waals surface area contributed by atoms with Crippen molar-refractivity contribution in [2.24, 2.45) is 0 Å². The fraction of sp³-hybridized carbons (Fsp3) is 0.750. The van der Waals surface area contributed by atoms with Gasteiger partial charge in [-0.25, -0.2) is 4.79 Å². The summed E-state index contributed by atoms with van der Waals surface area (Å²) >= 11 is 0. The van der Waals surface area contributed by atoms with Crippen LogP contribution in [0.1, 0.15) is 27.2 Å². The average Bonchev–Trinajstić information content (AvgIpc) is 2.16. The Morgan fingerprint density at radius 1 is 1.56 bits per heavy atom. The van der Waals surface area contributed by atoms with Crippen molar-refractivity contribution in [2.45, 2.75) is 32.8 Å². The topological polar surface area (TPSA) is 49.8 Å². The van der Waals surface area contributed by atoms with Crippen LogP contribution in [0.15, 0.2) is 11.6 Å². The van der Waals surface area contributed by atoms with E-state index in [0.717, 1.165) is 19.7 Å². The molecular formula is C12H21NO3. The highest BCUT2D eigenvalue weighted by atomic mass is 16.5. The second kappa shape index (κ2) is 5.46. The van der Waals surface area contributed by atoms with Crippen molar-refractivity contribution < 1.29 is 14.6 Å². The Morgan fingerprint density at radius 3 is 2.75 bits per heavy atom. The van der Waals surface area contributed by atoms with Gasteiger partial charge < -0.3 is 9.84 Å². The molecule has 0 spiro atoms. The predicted octanol–water partition coefficient (Wildman–Crippen LogP) is 1.52. The molecule has 4 nitrogen and oxygen atoms in total. The molecule has 1 fully saturated rings. The summed E-state index contributed by atoms with van der Waals surface area (Å²) in [6.07, 6.45) is 2.38. The molecule has 0 aromatic carbocycles. The van der Waals surface area contributed by atoms with E-state index in [1.807, 2.05) is 13.0 Å². The molecule has 1 aliphatic heterocycles. The van der Waals surface area contributed by atoms with Crippen molar-refractivity contribution in [3.8, 4) is 0 Å². The van der Waals surface area contributed by atoms with Gasteiger partial charge in [0.2, 0.25) is 0 Å². The Kier molecular flexibility index (Phi) is 4.50. The van der Waals surface area contributed by atoms with Crippen molar-refractivity contribution in [1.82, 2.24) is 4.90 Å². The summed E-state index contributed by atoms with van der Waals surface area (Å²) in [6, 6.07) is 0. The Hall–Kier alpha value is -0.870. The van der Waals surface area contributed by atoms with Crippen LogP contribution < -0.4 is 0 Å². The van der Waals surface area contributed by atoms with Crippen molar-refractivity contribution in [2.75, 3.05) is 26.2 Å². The molecule has 0 saturated carbocycles. The lowest BCUT2D eigenvalue weighted by Gasteiger charge is -2.37. The molecule has 92 valence electrons. The van der Waals surface area contributed by atoms with Crippen molar-refractivity contribution in [3.05, 3.63) is 11.6 Å². The zero-order valence-electron chi connectivity index (χ0n) is 10.3. The van der Waals surface area contributed by atoms with Gasteiger partial charge in [0.15, 0.2) is 0 Å². The molecule has 0 bridgehead atoms. The maximum atomic E-state index is 10.8. The standard InChI is InChI=1S/C12H21NO3/c1-4-10(11(14)15)5-6-13-7-8-16-12(2,3)9-13/h5H,4,6-9H2,1-3H3,(H,14,15). The number of aliphatic carboxylic acids is 1. The smallest absolute Gasteiger partial charge is 0.331 e. The Morgan fingerprint density at radius 2 is 2.25 bits per heavy atom. The maximum absolute atomic E-state index is 10.8. The first-order valence-electron chi connectivity index (χ1n) is 5.73. The number of rotatable bonds is 4. The van der Waals surface area contributed by atoms with Crippen LogP contribution in [0.3, 0.4) is 0 Å². The number of hydrogen-bond acceptors (Lipinski definition) is 3. The number of nitrogens with zero attached hydrogens (tertiary/aromatic N) is 1. The highest BCUT2D eigenvalue weighted by molar-refractivity contribution is 5.86. The second-order valence-electron chi connectivity index (χ2n) is 4.73. The normalized spacial score (nSPS) is 22.1. The van der Waals surface area contributed by atoms with E-state index in [0.29, 0.717) is 18.5 Å². The fourth-order valence-corrected chi connectivity index (χ4v) is 1.89. The molecule has 1 aliphatic rings. The molecule has 0 radical (unpaired) electrons. The van der Waals surface area contributed by atoms with Gasteiger partial charge in [0.05, 0.1) is 12.2 Å². The SMILES string of the molecule is CCC(=CCN1CCOC(C)(C)C1)C(=O)O. The zero-order valence-corrected chi connectivity index (χ0v) is 10.3. The molecule has 16 heavy (non-hydrogen) atoms. The Bertz CT molecular complexity index is 284. The van der Waals surface area contributed by atoms with Crippen LogP contribution in [0, 0.1) is 0 Å². The van der Waals surface area contributed by atoms with E-state index in [-0.39, 0.29) is 5.60 Å². The van der Waals surface area contributed by atoms with E-state index in [1.54, 1.807) is 0 Å². The third-order valence-corrected chi connectivity index (χ3v) is 2.76. The molecule has 1 N–H and O–H groups in total. The highest BCUT2D eigenvalue weighted by Gasteiger charge is 2.26. The Labute approximate surface area is 96.9 Å². The van der Waals surface area contributed by atoms with Crippen LogP contribution in [0.25, 0.3) is 0 Å². The summed E-state index contributed by atoms with van der Waals surface area (Å²) in [6.45, 7) is 9.11. The van der Waals surface area contributed by atoms with Gasteiger partial charge in [0, 0.05) is 25.2 Å². The van der Waals surface area contributed by atoms with Gasteiger partial charge >= 0.3 is 5.97 Å². The number of carbonyl (C=O) groups is 1. The van der Waals surface area contributed by atoms with Crippen LogP contribution >= 0.6 is 0 Å². The number of carboxylic acid groups (broad SMARTS) is 1. The van der Waals surface area contributed by atoms with Gasteiger partial charge in [-0.1, -0.05) is 13.0 Å². The van der Waals surface area contributed by atoms with Crippen molar-refractivity contribution in [3.63, 3.8) is 0 Å². The van der Waals surface area contributed by atoms with Gasteiger partial charge in [0.1, 0.15) is 0 Å². The van der Waals surface area contributed by atoms with Crippen LogP contribution in [0.5, 0.6) is 0 Å². The minimum atomic E-state index is -0.810. The number of ether oxygens (including phenoxy) is 1. The van der Waals surface area contributed by atoms with Crippen LogP contribution in [-0.2, 0) is 9.53 Å². The lowest BCUT2D eigenvalue weighted by Crippen LogP contribution is -2.48. The quantitative estimate of drug-likeness (QED) is 0.740. The first kappa shape index (κ1) is 13.2. The monoisotopic (exact) mass is 227 g/mol. The molecule has 0 atom stereocenters. The molecule has 1 saturated heterocycles. The fourth-order valence-electron chi connectivity index (χ4n) is 1.89. The molecule has 1 rings (SSSR count). The first-order chi connectivity index (χ1) is 7.44. The molecule has 4 heteroatoms.